The molecule has 1 aromatic rings. The lowest BCUT2D eigenvalue weighted by Crippen LogP contribution is -2.33. The lowest BCUT2D eigenvalue weighted by Gasteiger charge is -2.29. The highest BCUT2D eigenvalue weighted by molar-refractivity contribution is 5.08. The highest BCUT2D eigenvalue weighted by Crippen LogP contribution is 2.27. The third-order valence-corrected chi connectivity index (χ3v) is 4.21. The molecular weight excluding hydrogens is 222 g/mol. The Balaban J connectivity index is 1.74. The minimum absolute atomic E-state index is 0.716. The predicted molar refractivity (Wildman–Crippen MR) is 75.4 cm³/mol. The summed E-state index contributed by atoms with van der Waals surface area (Å²) in [6, 6.07) is 2.89. The maximum absolute atomic E-state index is 4.39. The van der Waals surface area contributed by atoms with Crippen LogP contribution < -0.4 is 5.32 Å². The lowest BCUT2D eigenvalue weighted by atomic mass is 9.83. The number of aromatic nitrogens is 2. The number of rotatable bonds is 5. The molecule has 102 valence electrons. The van der Waals surface area contributed by atoms with Gasteiger partial charge in [0.2, 0.25) is 0 Å². The fourth-order valence-corrected chi connectivity index (χ4v) is 3.14. The first-order chi connectivity index (χ1) is 8.69. The number of aryl methyl sites for hydroxylation is 2. The molecule has 0 bridgehead atoms. The molecule has 0 unspecified atom stereocenters. The molecule has 18 heavy (non-hydrogen) atoms. The monoisotopic (exact) mass is 249 g/mol. The van der Waals surface area contributed by atoms with Crippen molar-refractivity contribution in [2.75, 3.05) is 0 Å². The molecule has 0 aliphatic heterocycles. The van der Waals surface area contributed by atoms with Gasteiger partial charge in [0.1, 0.15) is 0 Å². The second-order valence-corrected chi connectivity index (χ2v) is 5.79. The SMILES string of the molecule is CCCC1CCC(NCc2cc(C)nn2C)CC1. The van der Waals surface area contributed by atoms with Crippen LogP contribution in [0.15, 0.2) is 6.07 Å². The molecule has 0 spiro atoms. The number of hydrogen-bond donors (Lipinski definition) is 1. The molecule has 1 heterocycles. The second-order valence-electron chi connectivity index (χ2n) is 5.79. The molecule has 0 saturated heterocycles. The van der Waals surface area contributed by atoms with Crippen molar-refractivity contribution in [3.05, 3.63) is 17.5 Å². The van der Waals surface area contributed by atoms with Gasteiger partial charge in [-0.25, -0.2) is 0 Å². The van der Waals surface area contributed by atoms with E-state index in [9.17, 15) is 0 Å². The van der Waals surface area contributed by atoms with E-state index in [0.29, 0.717) is 6.04 Å². The molecule has 1 N–H and O–H groups in total. The maximum atomic E-state index is 4.39. The number of nitrogens with zero attached hydrogens (tertiary/aromatic N) is 2. The zero-order valence-corrected chi connectivity index (χ0v) is 12.1. The first-order valence-corrected chi connectivity index (χ1v) is 7.42. The Labute approximate surface area is 111 Å². The fourth-order valence-electron chi connectivity index (χ4n) is 3.14. The summed E-state index contributed by atoms with van der Waals surface area (Å²) in [4.78, 5) is 0. The maximum Gasteiger partial charge on any atom is 0.0597 e. The molecule has 1 aliphatic carbocycles. The van der Waals surface area contributed by atoms with Gasteiger partial charge < -0.3 is 5.32 Å². The van der Waals surface area contributed by atoms with Gasteiger partial charge in [-0.05, 0) is 44.6 Å². The quantitative estimate of drug-likeness (QED) is 0.868. The van der Waals surface area contributed by atoms with Gasteiger partial charge in [-0.1, -0.05) is 19.8 Å². The number of nitrogens with one attached hydrogen (secondary N) is 1. The second kappa shape index (κ2) is 6.37. The number of hydrogen-bond acceptors (Lipinski definition) is 2. The Kier molecular flexibility index (Phi) is 4.81. The van der Waals surface area contributed by atoms with Crippen molar-refractivity contribution < 1.29 is 0 Å². The average Bonchev–Trinajstić information content (AvgIpc) is 2.67. The van der Waals surface area contributed by atoms with Gasteiger partial charge in [-0.2, -0.15) is 5.10 Å². The van der Waals surface area contributed by atoms with E-state index in [1.807, 2.05) is 11.7 Å². The first-order valence-electron chi connectivity index (χ1n) is 7.42. The third kappa shape index (κ3) is 3.58. The molecule has 1 aromatic heterocycles. The van der Waals surface area contributed by atoms with Crippen molar-refractivity contribution in [3.8, 4) is 0 Å². The van der Waals surface area contributed by atoms with Crippen molar-refractivity contribution in [1.29, 1.82) is 0 Å². The lowest BCUT2D eigenvalue weighted by molar-refractivity contribution is 0.276. The molecule has 3 nitrogen and oxygen atoms in total. The van der Waals surface area contributed by atoms with Gasteiger partial charge in [0, 0.05) is 19.6 Å². The van der Waals surface area contributed by atoms with E-state index in [2.05, 4.69) is 30.3 Å². The van der Waals surface area contributed by atoms with Crippen LogP contribution in [0.3, 0.4) is 0 Å². The van der Waals surface area contributed by atoms with E-state index in [1.54, 1.807) is 0 Å². The van der Waals surface area contributed by atoms with Crippen molar-refractivity contribution in [2.24, 2.45) is 13.0 Å². The van der Waals surface area contributed by atoms with E-state index in [-0.39, 0.29) is 0 Å². The zero-order valence-electron chi connectivity index (χ0n) is 12.1. The van der Waals surface area contributed by atoms with Gasteiger partial charge in [-0.3, -0.25) is 4.68 Å². The van der Waals surface area contributed by atoms with E-state index < -0.39 is 0 Å². The molecule has 0 aromatic carbocycles. The Morgan fingerprint density at radius 2 is 2.06 bits per heavy atom. The van der Waals surface area contributed by atoms with E-state index in [4.69, 9.17) is 0 Å². The Bertz CT molecular complexity index is 362. The molecule has 3 heteroatoms. The molecule has 2 rings (SSSR count). The van der Waals surface area contributed by atoms with Crippen LogP contribution in [-0.2, 0) is 13.6 Å². The third-order valence-electron chi connectivity index (χ3n) is 4.21. The molecular formula is C15H27N3. The van der Waals surface area contributed by atoms with Crippen molar-refractivity contribution >= 4 is 0 Å². The minimum Gasteiger partial charge on any atom is -0.308 e. The van der Waals surface area contributed by atoms with Crippen LogP contribution in [0.5, 0.6) is 0 Å². The standard InChI is InChI=1S/C15H27N3/c1-4-5-13-6-8-14(9-7-13)16-11-15-10-12(2)17-18(15)3/h10,13-14,16H,4-9,11H2,1-3H3. The van der Waals surface area contributed by atoms with Gasteiger partial charge in [0.15, 0.2) is 0 Å². The summed E-state index contributed by atoms with van der Waals surface area (Å²) in [5.41, 5.74) is 2.41. The molecule has 1 aliphatic rings. The van der Waals surface area contributed by atoms with Gasteiger partial charge in [-0.15, -0.1) is 0 Å². The van der Waals surface area contributed by atoms with Gasteiger partial charge >= 0.3 is 0 Å². The molecule has 1 saturated carbocycles. The largest absolute Gasteiger partial charge is 0.308 e. The topological polar surface area (TPSA) is 29.9 Å². The summed E-state index contributed by atoms with van der Waals surface area (Å²) in [5, 5.41) is 8.08. The van der Waals surface area contributed by atoms with Gasteiger partial charge in [0.25, 0.3) is 0 Å². The van der Waals surface area contributed by atoms with E-state index in [1.165, 1.54) is 44.2 Å². The van der Waals surface area contributed by atoms with Crippen molar-refractivity contribution in [3.63, 3.8) is 0 Å². The summed E-state index contributed by atoms with van der Waals surface area (Å²) in [5.74, 6) is 0.993. The smallest absolute Gasteiger partial charge is 0.0597 e. The predicted octanol–water partition coefficient (Wildman–Crippen LogP) is 3.18. The molecule has 0 atom stereocenters. The highest BCUT2D eigenvalue weighted by atomic mass is 15.3. The Hall–Kier alpha value is -0.830. The summed E-state index contributed by atoms with van der Waals surface area (Å²) in [6.45, 7) is 5.31. The van der Waals surface area contributed by atoms with Crippen LogP contribution in [0.2, 0.25) is 0 Å². The Morgan fingerprint density at radius 3 is 2.61 bits per heavy atom. The summed E-state index contributed by atoms with van der Waals surface area (Å²) in [7, 11) is 2.03. The van der Waals surface area contributed by atoms with Crippen LogP contribution >= 0.6 is 0 Å². The van der Waals surface area contributed by atoms with Crippen LogP contribution in [0, 0.1) is 12.8 Å². The average molecular weight is 249 g/mol. The summed E-state index contributed by atoms with van der Waals surface area (Å²) in [6.07, 6.45) is 8.29. The summed E-state index contributed by atoms with van der Waals surface area (Å²) >= 11 is 0. The van der Waals surface area contributed by atoms with Crippen molar-refractivity contribution in [1.82, 2.24) is 15.1 Å². The van der Waals surface area contributed by atoms with Gasteiger partial charge in [0.05, 0.1) is 11.4 Å². The Morgan fingerprint density at radius 1 is 1.33 bits per heavy atom. The van der Waals surface area contributed by atoms with E-state index in [0.717, 1.165) is 18.2 Å². The minimum atomic E-state index is 0.716. The molecule has 0 radical (unpaired) electrons. The van der Waals surface area contributed by atoms with Crippen LogP contribution in [-0.4, -0.2) is 15.8 Å². The van der Waals surface area contributed by atoms with Crippen LogP contribution in [0.25, 0.3) is 0 Å². The first kappa shape index (κ1) is 13.6. The fraction of sp³-hybridized carbons (Fsp3) is 0.800. The highest BCUT2D eigenvalue weighted by Gasteiger charge is 2.20. The normalized spacial score (nSPS) is 24.4. The zero-order chi connectivity index (χ0) is 13.0. The van der Waals surface area contributed by atoms with E-state index >= 15 is 0 Å². The molecule has 0 amide bonds. The van der Waals surface area contributed by atoms with Crippen LogP contribution in [0.4, 0.5) is 0 Å². The molecule has 1 fully saturated rings. The van der Waals surface area contributed by atoms with Crippen LogP contribution in [0.1, 0.15) is 56.8 Å². The summed E-state index contributed by atoms with van der Waals surface area (Å²) < 4.78 is 1.99. The van der Waals surface area contributed by atoms with Crippen molar-refractivity contribution in [2.45, 2.75) is 65.0 Å².